The van der Waals surface area contributed by atoms with E-state index in [1.807, 2.05) is 0 Å². The number of benzene rings is 1. The number of carbonyl (C=O) groups is 3. The molecule has 26 heavy (non-hydrogen) atoms. The maximum Gasteiger partial charge on any atom is 0.331 e. The second-order valence-corrected chi connectivity index (χ2v) is 5.92. The summed E-state index contributed by atoms with van der Waals surface area (Å²) in [5.41, 5.74) is 0.165. The minimum atomic E-state index is -0.815. The molecular formula is C17H11ClN2O6. The van der Waals surface area contributed by atoms with Gasteiger partial charge in [0, 0.05) is 6.07 Å². The summed E-state index contributed by atoms with van der Waals surface area (Å²) in [4.78, 5) is 37.7. The number of hydrogen-bond acceptors (Lipinski definition) is 6. The number of nitrogens with zero attached hydrogens (tertiary/aromatic N) is 1. The van der Waals surface area contributed by atoms with Gasteiger partial charge in [-0.15, -0.1) is 0 Å². The van der Waals surface area contributed by atoms with Gasteiger partial charge < -0.3 is 13.9 Å². The van der Waals surface area contributed by atoms with Crippen molar-refractivity contribution in [1.29, 1.82) is 0 Å². The van der Waals surface area contributed by atoms with Crippen molar-refractivity contribution in [2.24, 2.45) is 0 Å². The Balaban J connectivity index is 1.68. The average molecular weight is 375 g/mol. The van der Waals surface area contributed by atoms with Gasteiger partial charge in [-0.1, -0.05) is 11.6 Å². The summed E-state index contributed by atoms with van der Waals surface area (Å²) in [7, 11) is 0. The molecule has 8 nitrogen and oxygen atoms in total. The van der Waals surface area contributed by atoms with Crippen LogP contribution in [0, 0.1) is 0 Å². The van der Waals surface area contributed by atoms with Crippen LogP contribution in [0.5, 0.6) is 11.5 Å². The van der Waals surface area contributed by atoms with Gasteiger partial charge in [0.05, 0.1) is 17.8 Å². The maximum atomic E-state index is 12.7. The van der Waals surface area contributed by atoms with E-state index in [-0.39, 0.29) is 23.9 Å². The van der Waals surface area contributed by atoms with Crippen LogP contribution >= 0.6 is 11.6 Å². The zero-order chi connectivity index (χ0) is 18.3. The Morgan fingerprint density at radius 1 is 1.19 bits per heavy atom. The Morgan fingerprint density at radius 3 is 2.69 bits per heavy atom. The Morgan fingerprint density at radius 2 is 1.96 bits per heavy atom. The highest BCUT2D eigenvalue weighted by atomic mass is 35.5. The number of furan rings is 1. The van der Waals surface area contributed by atoms with Crippen molar-refractivity contribution in [1.82, 2.24) is 10.2 Å². The van der Waals surface area contributed by atoms with Crippen molar-refractivity contribution >= 4 is 35.5 Å². The molecule has 132 valence electrons. The Hall–Kier alpha value is -3.26. The normalized spacial score (nSPS) is 17.8. The minimum absolute atomic E-state index is 0.0660. The average Bonchev–Trinajstić information content (AvgIpc) is 3.26. The standard InChI is InChI=1S/C17H11ClN2O6/c18-12-6-14-13(25-8-26-14)5-9(12)4-11-15(21)19-17(23)20(16(11)22)7-10-2-1-3-24-10/h1-6H,7-8H2,(H,19,21,23)/b11-4+. The number of hydrogen-bond donors (Lipinski definition) is 1. The number of barbiturate groups is 1. The third-order valence-corrected chi connectivity index (χ3v) is 4.20. The van der Waals surface area contributed by atoms with Crippen LogP contribution in [0.25, 0.3) is 6.08 Å². The van der Waals surface area contributed by atoms with Gasteiger partial charge in [-0.2, -0.15) is 0 Å². The van der Waals surface area contributed by atoms with E-state index in [1.165, 1.54) is 18.4 Å². The van der Waals surface area contributed by atoms with Crippen molar-refractivity contribution in [2.75, 3.05) is 6.79 Å². The van der Waals surface area contributed by atoms with Gasteiger partial charge in [0.15, 0.2) is 11.5 Å². The summed E-state index contributed by atoms with van der Waals surface area (Å²) >= 11 is 6.18. The maximum absolute atomic E-state index is 12.7. The zero-order valence-corrected chi connectivity index (χ0v) is 13.9. The Kier molecular flexibility index (Phi) is 3.89. The number of urea groups is 1. The monoisotopic (exact) mass is 374 g/mol. The van der Waals surface area contributed by atoms with Crippen LogP contribution in [0.15, 0.2) is 40.5 Å². The predicted octanol–water partition coefficient (Wildman–Crippen LogP) is 2.32. The number of fused-ring (bicyclic) bond motifs is 1. The molecule has 9 heteroatoms. The lowest BCUT2D eigenvalue weighted by molar-refractivity contribution is -0.130. The van der Waals surface area contributed by atoms with E-state index in [4.69, 9.17) is 25.5 Å². The predicted molar refractivity (Wildman–Crippen MR) is 88.3 cm³/mol. The molecular weight excluding hydrogens is 364 g/mol. The van der Waals surface area contributed by atoms with Crippen LogP contribution in [0.4, 0.5) is 4.79 Å². The summed E-state index contributed by atoms with van der Waals surface area (Å²) in [6.07, 6.45) is 2.74. The fraction of sp³-hybridized carbons (Fsp3) is 0.118. The van der Waals surface area contributed by atoms with E-state index in [0.717, 1.165) is 4.90 Å². The van der Waals surface area contributed by atoms with Gasteiger partial charge in [0.2, 0.25) is 6.79 Å². The van der Waals surface area contributed by atoms with Crippen LogP contribution in [0.2, 0.25) is 5.02 Å². The lowest BCUT2D eigenvalue weighted by Crippen LogP contribution is -2.53. The second kappa shape index (κ2) is 6.23. The van der Waals surface area contributed by atoms with E-state index in [0.29, 0.717) is 22.8 Å². The van der Waals surface area contributed by atoms with Crippen molar-refractivity contribution in [2.45, 2.75) is 6.54 Å². The van der Waals surface area contributed by atoms with E-state index < -0.39 is 17.8 Å². The largest absolute Gasteiger partial charge is 0.467 e. The number of amides is 4. The molecule has 1 aromatic heterocycles. The molecule has 2 aliphatic rings. The molecule has 0 atom stereocenters. The van der Waals surface area contributed by atoms with Crippen LogP contribution in [0.1, 0.15) is 11.3 Å². The quantitative estimate of drug-likeness (QED) is 0.654. The fourth-order valence-corrected chi connectivity index (χ4v) is 2.80. The molecule has 1 saturated heterocycles. The number of nitrogens with one attached hydrogen (secondary N) is 1. The number of rotatable bonds is 3. The second-order valence-electron chi connectivity index (χ2n) is 5.51. The highest BCUT2D eigenvalue weighted by Crippen LogP contribution is 2.37. The molecule has 1 N–H and O–H groups in total. The van der Waals surface area contributed by atoms with Crippen LogP contribution in [0.3, 0.4) is 0 Å². The Labute approximate surface area is 151 Å². The molecule has 0 saturated carbocycles. The fourth-order valence-electron chi connectivity index (χ4n) is 2.59. The molecule has 3 heterocycles. The van der Waals surface area contributed by atoms with Crippen LogP contribution in [-0.4, -0.2) is 29.5 Å². The van der Waals surface area contributed by atoms with Crippen molar-refractivity contribution in [3.8, 4) is 11.5 Å². The SMILES string of the molecule is O=C1NC(=O)N(Cc2ccco2)C(=O)/C1=C/c1cc2c(cc1Cl)OCO2. The number of ether oxygens (including phenoxy) is 2. The highest BCUT2D eigenvalue weighted by Gasteiger charge is 2.36. The van der Waals surface area contributed by atoms with Gasteiger partial charge in [-0.05, 0) is 29.8 Å². The molecule has 0 spiro atoms. The molecule has 2 aliphatic heterocycles. The topological polar surface area (TPSA) is 98.1 Å². The zero-order valence-electron chi connectivity index (χ0n) is 13.2. The molecule has 2 aromatic rings. The minimum Gasteiger partial charge on any atom is -0.467 e. The van der Waals surface area contributed by atoms with E-state index >= 15 is 0 Å². The van der Waals surface area contributed by atoms with Crippen molar-refractivity contribution in [3.63, 3.8) is 0 Å². The molecule has 0 bridgehead atoms. The van der Waals surface area contributed by atoms with Gasteiger partial charge in [0.25, 0.3) is 11.8 Å². The van der Waals surface area contributed by atoms with Gasteiger partial charge in [-0.25, -0.2) is 4.79 Å². The van der Waals surface area contributed by atoms with Crippen molar-refractivity contribution in [3.05, 3.63) is 52.4 Å². The highest BCUT2D eigenvalue weighted by molar-refractivity contribution is 6.34. The lowest BCUT2D eigenvalue weighted by Gasteiger charge is -2.25. The van der Waals surface area contributed by atoms with Crippen molar-refractivity contribution < 1.29 is 28.3 Å². The number of carbonyl (C=O) groups excluding carboxylic acids is 3. The smallest absolute Gasteiger partial charge is 0.331 e. The summed E-state index contributed by atoms with van der Waals surface area (Å²) < 4.78 is 15.6. The molecule has 0 radical (unpaired) electrons. The van der Waals surface area contributed by atoms with Crippen LogP contribution in [-0.2, 0) is 16.1 Å². The first-order chi connectivity index (χ1) is 12.5. The lowest BCUT2D eigenvalue weighted by atomic mass is 10.1. The summed E-state index contributed by atoms with van der Waals surface area (Å²) in [5.74, 6) is -0.212. The summed E-state index contributed by atoms with van der Waals surface area (Å²) in [6, 6.07) is 5.54. The van der Waals surface area contributed by atoms with Gasteiger partial charge in [0.1, 0.15) is 11.3 Å². The Bertz CT molecular complexity index is 950. The molecule has 1 fully saturated rings. The molecule has 0 aliphatic carbocycles. The van der Waals surface area contributed by atoms with E-state index in [9.17, 15) is 14.4 Å². The van der Waals surface area contributed by atoms with Crippen LogP contribution < -0.4 is 14.8 Å². The van der Waals surface area contributed by atoms with E-state index in [1.54, 1.807) is 18.2 Å². The number of halogens is 1. The van der Waals surface area contributed by atoms with E-state index in [2.05, 4.69) is 5.32 Å². The first kappa shape index (κ1) is 16.2. The first-order valence-corrected chi connectivity index (χ1v) is 7.91. The van der Waals surface area contributed by atoms with Gasteiger partial charge >= 0.3 is 6.03 Å². The summed E-state index contributed by atoms with van der Waals surface area (Å²) in [6.45, 7) is -0.0340. The third-order valence-electron chi connectivity index (χ3n) is 3.87. The molecule has 0 unspecified atom stereocenters. The summed E-state index contributed by atoms with van der Waals surface area (Å²) in [5, 5.41) is 2.41. The first-order valence-electron chi connectivity index (χ1n) is 7.53. The number of imide groups is 2. The third kappa shape index (κ3) is 2.80. The van der Waals surface area contributed by atoms with Gasteiger partial charge in [-0.3, -0.25) is 19.8 Å². The molecule has 1 aromatic carbocycles. The molecule has 4 amide bonds. The molecule has 4 rings (SSSR count).